The van der Waals surface area contributed by atoms with Gasteiger partial charge in [0.2, 0.25) is 0 Å². The minimum Gasteiger partial charge on any atom is -0.452 e. The number of nitrogens with one attached hydrogen (secondary N) is 2. The Morgan fingerprint density at radius 3 is 2.24 bits per heavy atom. The highest BCUT2D eigenvalue weighted by molar-refractivity contribution is 5.96. The van der Waals surface area contributed by atoms with Gasteiger partial charge in [-0.25, -0.2) is 14.0 Å². The van der Waals surface area contributed by atoms with Gasteiger partial charge in [-0.3, -0.25) is 10.1 Å². The third-order valence-corrected chi connectivity index (χ3v) is 3.50. The molecule has 0 aliphatic heterocycles. The number of hydrogen-bond acceptors (Lipinski definition) is 5. The van der Waals surface area contributed by atoms with Crippen LogP contribution in [0, 0.1) is 12.7 Å². The lowest BCUT2D eigenvalue weighted by atomic mass is 10.2. The van der Waals surface area contributed by atoms with Crippen molar-refractivity contribution in [2.45, 2.75) is 33.3 Å². The van der Waals surface area contributed by atoms with E-state index in [4.69, 9.17) is 9.47 Å². The van der Waals surface area contributed by atoms with E-state index in [0.29, 0.717) is 5.69 Å². The Morgan fingerprint density at radius 2 is 1.66 bits per heavy atom. The lowest BCUT2D eigenvalue weighted by Gasteiger charge is -2.19. The summed E-state index contributed by atoms with van der Waals surface area (Å²) in [7, 11) is 0. The smallest absolute Gasteiger partial charge is 0.412 e. The van der Waals surface area contributed by atoms with E-state index in [9.17, 15) is 18.8 Å². The first-order valence-corrected chi connectivity index (χ1v) is 8.87. The zero-order valence-corrected chi connectivity index (χ0v) is 16.7. The predicted molar refractivity (Wildman–Crippen MR) is 106 cm³/mol. The second kappa shape index (κ2) is 9.18. The maximum Gasteiger partial charge on any atom is 0.412 e. The number of carbonyl (C=O) groups excluding carboxylic acids is 3. The summed E-state index contributed by atoms with van der Waals surface area (Å²) in [5.74, 6) is -1.96. The van der Waals surface area contributed by atoms with Gasteiger partial charge in [-0.1, -0.05) is 6.07 Å². The highest BCUT2D eigenvalue weighted by Crippen LogP contribution is 2.16. The normalized spacial score (nSPS) is 10.8. The first kappa shape index (κ1) is 21.9. The second-order valence-electron chi connectivity index (χ2n) is 7.31. The van der Waals surface area contributed by atoms with Gasteiger partial charge in [0.15, 0.2) is 6.61 Å². The van der Waals surface area contributed by atoms with Crippen LogP contribution in [0.5, 0.6) is 0 Å². The standard InChI is InChI=1S/C21H23FN2O5/c1-13-5-10-17(16(22)11-13)24-18(25)12-28-19(26)14-6-8-15(9-7-14)23-20(27)29-21(2,3)4/h5-11H,12H2,1-4H3,(H,23,27)(H,24,25). The van der Waals surface area contributed by atoms with Crippen LogP contribution < -0.4 is 10.6 Å². The van der Waals surface area contributed by atoms with E-state index in [2.05, 4.69) is 10.6 Å². The maximum atomic E-state index is 13.7. The number of ether oxygens (including phenoxy) is 2. The van der Waals surface area contributed by atoms with Crippen LogP contribution in [0.2, 0.25) is 0 Å². The summed E-state index contributed by atoms with van der Waals surface area (Å²) in [6.07, 6.45) is -0.618. The van der Waals surface area contributed by atoms with E-state index < -0.39 is 36.0 Å². The quantitative estimate of drug-likeness (QED) is 0.728. The number of esters is 1. The van der Waals surface area contributed by atoms with Gasteiger partial charge in [-0.15, -0.1) is 0 Å². The maximum absolute atomic E-state index is 13.7. The van der Waals surface area contributed by atoms with Crippen molar-refractivity contribution in [2.75, 3.05) is 17.2 Å². The first-order valence-electron chi connectivity index (χ1n) is 8.87. The van der Waals surface area contributed by atoms with Crippen molar-refractivity contribution >= 4 is 29.3 Å². The molecule has 0 fully saturated rings. The number of halogens is 1. The van der Waals surface area contributed by atoms with Crippen molar-refractivity contribution in [1.82, 2.24) is 0 Å². The van der Waals surface area contributed by atoms with Crippen LogP contribution in [0.3, 0.4) is 0 Å². The molecule has 2 amide bonds. The third-order valence-electron chi connectivity index (χ3n) is 3.50. The summed E-state index contributed by atoms with van der Waals surface area (Å²) in [4.78, 5) is 35.6. The van der Waals surface area contributed by atoms with Crippen molar-refractivity contribution in [1.29, 1.82) is 0 Å². The van der Waals surface area contributed by atoms with Crippen LogP contribution in [0.4, 0.5) is 20.6 Å². The third kappa shape index (κ3) is 7.25. The molecular formula is C21H23FN2O5. The van der Waals surface area contributed by atoms with Crippen molar-refractivity contribution in [3.8, 4) is 0 Å². The number of benzene rings is 2. The van der Waals surface area contributed by atoms with Crippen LogP contribution in [-0.4, -0.2) is 30.2 Å². The number of anilines is 2. The van der Waals surface area contributed by atoms with Crippen LogP contribution in [0.1, 0.15) is 36.7 Å². The molecule has 7 nitrogen and oxygen atoms in total. The number of amides is 2. The van der Waals surface area contributed by atoms with Crippen LogP contribution >= 0.6 is 0 Å². The second-order valence-corrected chi connectivity index (χ2v) is 7.31. The van der Waals surface area contributed by atoms with Crippen molar-refractivity contribution < 1.29 is 28.2 Å². The minimum atomic E-state index is -0.728. The van der Waals surface area contributed by atoms with Crippen LogP contribution in [0.15, 0.2) is 42.5 Å². The fourth-order valence-electron chi connectivity index (χ4n) is 2.23. The Labute approximate surface area is 168 Å². The lowest BCUT2D eigenvalue weighted by Crippen LogP contribution is -2.27. The SMILES string of the molecule is Cc1ccc(NC(=O)COC(=O)c2ccc(NC(=O)OC(C)(C)C)cc2)c(F)c1. The molecule has 0 atom stereocenters. The van der Waals surface area contributed by atoms with Gasteiger partial charge in [0.25, 0.3) is 5.91 Å². The molecule has 8 heteroatoms. The number of rotatable bonds is 5. The van der Waals surface area contributed by atoms with E-state index in [1.54, 1.807) is 33.8 Å². The van der Waals surface area contributed by atoms with E-state index in [1.807, 2.05) is 0 Å². The zero-order valence-electron chi connectivity index (χ0n) is 16.7. The topological polar surface area (TPSA) is 93.7 Å². The van der Waals surface area contributed by atoms with Crippen molar-refractivity contribution in [2.24, 2.45) is 0 Å². The molecule has 0 spiro atoms. The molecule has 2 aromatic carbocycles. The molecule has 0 aliphatic carbocycles. The van der Waals surface area contributed by atoms with E-state index in [-0.39, 0.29) is 11.3 Å². The first-order chi connectivity index (χ1) is 13.5. The van der Waals surface area contributed by atoms with E-state index in [0.717, 1.165) is 5.56 Å². The lowest BCUT2D eigenvalue weighted by molar-refractivity contribution is -0.119. The van der Waals surface area contributed by atoms with E-state index in [1.165, 1.54) is 36.4 Å². The van der Waals surface area contributed by atoms with E-state index >= 15 is 0 Å². The average Bonchev–Trinajstić information content (AvgIpc) is 2.61. The molecule has 0 radical (unpaired) electrons. The number of carbonyl (C=O) groups is 3. The predicted octanol–water partition coefficient (Wildman–Crippen LogP) is 4.28. The van der Waals surface area contributed by atoms with Gasteiger partial charge in [0.1, 0.15) is 11.4 Å². The number of aryl methyl sites for hydroxylation is 1. The molecule has 2 rings (SSSR count). The summed E-state index contributed by atoms with van der Waals surface area (Å²) >= 11 is 0. The van der Waals surface area contributed by atoms with Crippen LogP contribution in [0.25, 0.3) is 0 Å². The number of hydrogen-bond donors (Lipinski definition) is 2. The summed E-state index contributed by atoms with van der Waals surface area (Å²) in [5, 5.41) is 4.88. The Balaban J connectivity index is 1.85. The van der Waals surface area contributed by atoms with Gasteiger partial charge < -0.3 is 14.8 Å². The van der Waals surface area contributed by atoms with Gasteiger partial charge in [0, 0.05) is 5.69 Å². The molecular weight excluding hydrogens is 379 g/mol. The van der Waals surface area contributed by atoms with Gasteiger partial charge in [-0.2, -0.15) is 0 Å². The summed E-state index contributed by atoms with van der Waals surface area (Å²) in [5.41, 5.74) is 0.721. The Bertz CT molecular complexity index is 904. The Hall–Kier alpha value is -3.42. The van der Waals surface area contributed by atoms with Gasteiger partial charge in [-0.05, 0) is 69.7 Å². The molecule has 0 aliphatic rings. The molecule has 0 aromatic heterocycles. The average molecular weight is 402 g/mol. The molecule has 154 valence electrons. The molecule has 29 heavy (non-hydrogen) atoms. The van der Waals surface area contributed by atoms with Crippen molar-refractivity contribution in [3.05, 3.63) is 59.4 Å². The highest BCUT2D eigenvalue weighted by atomic mass is 19.1. The molecule has 0 unspecified atom stereocenters. The minimum absolute atomic E-state index is 0.00854. The van der Waals surface area contributed by atoms with Gasteiger partial charge >= 0.3 is 12.1 Å². The largest absolute Gasteiger partial charge is 0.452 e. The molecule has 2 aromatic rings. The summed E-state index contributed by atoms with van der Waals surface area (Å²) < 4.78 is 23.8. The fourth-order valence-corrected chi connectivity index (χ4v) is 2.23. The Kier molecular flexibility index (Phi) is 6.93. The fraction of sp³-hybridized carbons (Fsp3) is 0.286. The summed E-state index contributed by atoms with van der Waals surface area (Å²) in [6.45, 7) is 6.40. The highest BCUT2D eigenvalue weighted by Gasteiger charge is 2.17. The summed E-state index contributed by atoms with van der Waals surface area (Å²) in [6, 6.07) is 10.2. The molecule has 0 saturated heterocycles. The molecule has 0 heterocycles. The molecule has 2 N–H and O–H groups in total. The van der Waals surface area contributed by atoms with Crippen LogP contribution in [-0.2, 0) is 14.3 Å². The molecule has 0 saturated carbocycles. The molecule has 0 bridgehead atoms. The monoisotopic (exact) mass is 402 g/mol. The Morgan fingerprint density at radius 1 is 1.00 bits per heavy atom. The van der Waals surface area contributed by atoms with Gasteiger partial charge in [0.05, 0.1) is 11.3 Å². The zero-order chi connectivity index (χ0) is 21.6. The van der Waals surface area contributed by atoms with Crippen molar-refractivity contribution in [3.63, 3.8) is 0 Å².